The molecule has 0 atom stereocenters. The molecule has 106 valence electrons. The van der Waals surface area contributed by atoms with Gasteiger partial charge in [0, 0.05) is 28.2 Å². The molecule has 0 fully saturated rings. The summed E-state index contributed by atoms with van der Waals surface area (Å²) in [5.41, 5.74) is 1.72. The first-order chi connectivity index (χ1) is 10.2. The summed E-state index contributed by atoms with van der Waals surface area (Å²) in [6.07, 6.45) is 1.61. The van der Waals surface area contributed by atoms with E-state index in [0.717, 1.165) is 11.1 Å². The molecule has 21 heavy (non-hydrogen) atoms. The summed E-state index contributed by atoms with van der Waals surface area (Å²) in [6.45, 7) is 2.49. The molecule has 1 N–H and O–H groups in total. The van der Waals surface area contributed by atoms with E-state index >= 15 is 0 Å². The van der Waals surface area contributed by atoms with Crippen LogP contribution < -0.4 is 4.74 Å². The molecule has 0 bridgehead atoms. The predicted molar refractivity (Wildman–Crippen MR) is 79.3 cm³/mol. The van der Waals surface area contributed by atoms with Crippen molar-refractivity contribution >= 4 is 16.7 Å². The number of H-pyrrole nitrogens is 1. The van der Waals surface area contributed by atoms with Crippen LogP contribution in [0.5, 0.6) is 5.75 Å². The molecule has 1 aromatic heterocycles. The number of fused-ring (bicyclic) bond motifs is 1. The van der Waals surface area contributed by atoms with Crippen molar-refractivity contribution in [3.05, 3.63) is 65.6 Å². The van der Waals surface area contributed by atoms with Gasteiger partial charge in [-0.05, 0) is 49.4 Å². The highest BCUT2D eigenvalue weighted by Gasteiger charge is 2.14. The maximum Gasteiger partial charge on any atom is 0.195 e. The monoisotopic (exact) mass is 283 g/mol. The van der Waals surface area contributed by atoms with Crippen molar-refractivity contribution < 1.29 is 13.9 Å². The van der Waals surface area contributed by atoms with E-state index in [1.165, 1.54) is 12.1 Å². The van der Waals surface area contributed by atoms with Gasteiger partial charge in [0.2, 0.25) is 0 Å². The Balaban J connectivity index is 1.96. The van der Waals surface area contributed by atoms with Crippen molar-refractivity contribution in [1.82, 2.24) is 4.98 Å². The van der Waals surface area contributed by atoms with Crippen molar-refractivity contribution in [2.24, 2.45) is 0 Å². The van der Waals surface area contributed by atoms with Gasteiger partial charge in [-0.25, -0.2) is 4.39 Å². The number of hydrogen-bond donors (Lipinski definition) is 1. The number of benzene rings is 2. The van der Waals surface area contributed by atoms with Gasteiger partial charge in [0.05, 0.1) is 6.61 Å². The van der Waals surface area contributed by atoms with E-state index in [1.54, 1.807) is 36.5 Å². The number of aromatic nitrogens is 1. The lowest BCUT2D eigenvalue weighted by Gasteiger charge is -2.04. The second-order valence-corrected chi connectivity index (χ2v) is 4.68. The number of aromatic amines is 1. The zero-order valence-electron chi connectivity index (χ0n) is 11.5. The van der Waals surface area contributed by atoms with Crippen LogP contribution >= 0.6 is 0 Å². The standard InChI is InChI=1S/C17H14FNO2/c1-2-21-13-6-3-11(4-7-13)17(20)15-10-19-16-9-12(18)5-8-14(15)16/h3-10,19H,2H2,1H3. The van der Waals surface area contributed by atoms with Crippen LogP contribution in [0.3, 0.4) is 0 Å². The highest BCUT2D eigenvalue weighted by molar-refractivity contribution is 6.16. The Morgan fingerprint density at radius 2 is 1.95 bits per heavy atom. The molecule has 2 aromatic carbocycles. The lowest BCUT2D eigenvalue weighted by Crippen LogP contribution is -2.00. The average Bonchev–Trinajstić information content (AvgIpc) is 2.90. The Labute approximate surface area is 121 Å². The lowest BCUT2D eigenvalue weighted by atomic mass is 10.0. The number of ketones is 1. The third kappa shape index (κ3) is 2.52. The van der Waals surface area contributed by atoms with Crippen LogP contribution in [0.1, 0.15) is 22.8 Å². The van der Waals surface area contributed by atoms with E-state index < -0.39 is 0 Å². The van der Waals surface area contributed by atoms with Crippen LogP contribution in [0.25, 0.3) is 10.9 Å². The summed E-state index contributed by atoms with van der Waals surface area (Å²) < 4.78 is 18.5. The van der Waals surface area contributed by atoms with Crippen LogP contribution in [0.4, 0.5) is 4.39 Å². The number of ether oxygens (including phenoxy) is 1. The molecule has 0 aliphatic carbocycles. The number of nitrogens with one attached hydrogen (secondary N) is 1. The maximum atomic E-state index is 13.2. The summed E-state index contributed by atoms with van der Waals surface area (Å²) in [5.74, 6) is 0.301. The Hall–Kier alpha value is -2.62. The highest BCUT2D eigenvalue weighted by Crippen LogP contribution is 2.23. The topological polar surface area (TPSA) is 42.1 Å². The fraction of sp³-hybridized carbons (Fsp3) is 0.118. The van der Waals surface area contributed by atoms with Gasteiger partial charge in [0.15, 0.2) is 5.78 Å². The molecule has 4 heteroatoms. The van der Waals surface area contributed by atoms with Crippen LogP contribution in [0.15, 0.2) is 48.7 Å². The van der Waals surface area contributed by atoms with Gasteiger partial charge < -0.3 is 9.72 Å². The number of carbonyl (C=O) groups excluding carboxylic acids is 1. The molecule has 0 amide bonds. The second kappa shape index (κ2) is 5.40. The third-order valence-electron chi connectivity index (χ3n) is 3.32. The molecule has 0 saturated carbocycles. The molecule has 0 aliphatic rings. The highest BCUT2D eigenvalue weighted by atomic mass is 19.1. The van der Waals surface area contributed by atoms with Gasteiger partial charge in [-0.3, -0.25) is 4.79 Å². The molecular weight excluding hydrogens is 269 g/mol. The maximum absolute atomic E-state index is 13.2. The molecule has 3 aromatic rings. The molecule has 3 rings (SSSR count). The first kappa shape index (κ1) is 13.4. The van der Waals surface area contributed by atoms with Crippen molar-refractivity contribution in [2.75, 3.05) is 6.61 Å². The lowest BCUT2D eigenvalue weighted by molar-refractivity contribution is 0.104. The zero-order valence-corrected chi connectivity index (χ0v) is 11.5. The van der Waals surface area contributed by atoms with Gasteiger partial charge in [-0.2, -0.15) is 0 Å². The van der Waals surface area contributed by atoms with E-state index in [0.29, 0.717) is 23.3 Å². The minimum atomic E-state index is -0.329. The fourth-order valence-electron chi connectivity index (χ4n) is 2.31. The fourth-order valence-corrected chi connectivity index (χ4v) is 2.31. The molecule has 0 aliphatic heterocycles. The van der Waals surface area contributed by atoms with Gasteiger partial charge in [0.1, 0.15) is 11.6 Å². The minimum absolute atomic E-state index is 0.101. The molecule has 0 radical (unpaired) electrons. The first-order valence-corrected chi connectivity index (χ1v) is 6.73. The van der Waals surface area contributed by atoms with E-state index in [2.05, 4.69) is 4.98 Å². The van der Waals surface area contributed by atoms with Gasteiger partial charge in [-0.15, -0.1) is 0 Å². The Kier molecular flexibility index (Phi) is 3.44. The summed E-state index contributed by atoms with van der Waals surface area (Å²) >= 11 is 0. The van der Waals surface area contributed by atoms with Crippen molar-refractivity contribution in [3.63, 3.8) is 0 Å². The van der Waals surface area contributed by atoms with E-state index in [1.807, 2.05) is 6.92 Å². The first-order valence-electron chi connectivity index (χ1n) is 6.73. The summed E-state index contributed by atoms with van der Waals surface area (Å²) in [5, 5.41) is 0.718. The number of halogens is 1. The average molecular weight is 283 g/mol. The Morgan fingerprint density at radius 1 is 1.19 bits per heavy atom. The van der Waals surface area contributed by atoms with Crippen molar-refractivity contribution in [2.45, 2.75) is 6.92 Å². The van der Waals surface area contributed by atoms with Crippen LogP contribution in [-0.2, 0) is 0 Å². The molecule has 1 heterocycles. The third-order valence-corrected chi connectivity index (χ3v) is 3.32. The number of rotatable bonds is 4. The zero-order chi connectivity index (χ0) is 14.8. The minimum Gasteiger partial charge on any atom is -0.494 e. The number of carbonyl (C=O) groups is 1. The Bertz CT molecular complexity index is 790. The molecule has 3 nitrogen and oxygen atoms in total. The SMILES string of the molecule is CCOc1ccc(C(=O)c2c[nH]c3cc(F)ccc23)cc1. The predicted octanol–water partition coefficient (Wildman–Crippen LogP) is 3.94. The smallest absolute Gasteiger partial charge is 0.195 e. The van der Waals surface area contributed by atoms with Gasteiger partial charge in [0.25, 0.3) is 0 Å². The Morgan fingerprint density at radius 3 is 2.67 bits per heavy atom. The van der Waals surface area contributed by atoms with Crippen LogP contribution in [0, 0.1) is 5.82 Å². The van der Waals surface area contributed by atoms with Crippen LogP contribution in [0.2, 0.25) is 0 Å². The van der Waals surface area contributed by atoms with Crippen molar-refractivity contribution in [1.29, 1.82) is 0 Å². The van der Waals surface area contributed by atoms with Crippen LogP contribution in [-0.4, -0.2) is 17.4 Å². The summed E-state index contributed by atoms with van der Waals surface area (Å²) in [7, 11) is 0. The van der Waals surface area contributed by atoms with E-state index in [9.17, 15) is 9.18 Å². The molecule has 0 unspecified atom stereocenters. The van der Waals surface area contributed by atoms with Crippen molar-refractivity contribution in [3.8, 4) is 5.75 Å². The van der Waals surface area contributed by atoms with Gasteiger partial charge >= 0.3 is 0 Å². The summed E-state index contributed by atoms with van der Waals surface area (Å²) in [4.78, 5) is 15.4. The number of hydrogen-bond acceptors (Lipinski definition) is 2. The quantitative estimate of drug-likeness (QED) is 0.737. The second-order valence-electron chi connectivity index (χ2n) is 4.68. The van der Waals surface area contributed by atoms with Gasteiger partial charge in [-0.1, -0.05) is 0 Å². The van der Waals surface area contributed by atoms with E-state index in [-0.39, 0.29) is 11.6 Å². The van der Waals surface area contributed by atoms with E-state index in [4.69, 9.17) is 4.74 Å². The normalized spacial score (nSPS) is 10.8. The summed E-state index contributed by atoms with van der Waals surface area (Å²) in [6, 6.07) is 11.3. The largest absolute Gasteiger partial charge is 0.494 e. The molecule has 0 spiro atoms. The molecular formula is C17H14FNO2. The molecule has 0 saturated heterocycles.